The van der Waals surface area contributed by atoms with Gasteiger partial charge in [0.05, 0.1) is 0 Å². The number of rotatable bonds is 4. The van der Waals surface area contributed by atoms with E-state index in [-0.39, 0.29) is 19.6 Å². The highest BCUT2D eigenvalue weighted by molar-refractivity contribution is 7.90. The van der Waals surface area contributed by atoms with Crippen molar-refractivity contribution in [3.63, 3.8) is 0 Å². The third-order valence-electron chi connectivity index (χ3n) is 3.54. The van der Waals surface area contributed by atoms with Crippen LogP contribution in [-0.4, -0.2) is 43.4 Å². The third kappa shape index (κ3) is 4.94. The molecule has 1 heterocycles. The molecular weight excluding hydrogens is 316 g/mol. The van der Waals surface area contributed by atoms with Gasteiger partial charge in [0.25, 0.3) is 0 Å². The number of benzene rings is 1. The predicted molar refractivity (Wildman–Crippen MR) is 88.5 cm³/mol. The van der Waals surface area contributed by atoms with Gasteiger partial charge in [-0.25, -0.2) is 17.9 Å². The smallest absolute Gasteiger partial charge is 0.410 e. The summed E-state index contributed by atoms with van der Waals surface area (Å²) in [5, 5.41) is -0.583. The van der Waals surface area contributed by atoms with Gasteiger partial charge in [-0.3, -0.25) is 0 Å². The molecule has 128 valence electrons. The predicted octanol–water partition coefficient (Wildman–Crippen LogP) is 2.03. The normalized spacial score (nSPS) is 16.1. The van der Waals surface area contributed by atoms with Crippen LogP contribution in [0, 0.1) is 6.92 Å². The van der Waals surface area contributed by atoms with E-state index in [1.165, 1.54) is 4.90 Å². The van der Waals surface area contributed by atoms with Gasteiger partial charge >= 0.3 is 6.09 Å². The zero-order chi connectivity index (χ0) is 17.3. The van der Waals surface area contributed by atoms with Crippen LogP contribution in [0.5, 0.6) is 0 Å². The number of hydrogen-bond donors (Lipinski definition) is 1. The lowest BCUT2D eigenvalue weighted by Gasteiger charge is -2.39. The minimum absolute atomic E-state index is 0.165. The summed E-state index contributed by atoms with van der Waals surface area (Å²) in [6.07, 6.45) is -0.470. The van der Waals surface area contributed by atoms with Gasteiger partial charge < -0.3 is 9.64 Å². The Kier molecular flexibility index (Phi) is 5.01. The summed E-state index contributed by atoms with van der Waals surface area (Å²) >= 11 is 0. The molecule has 0 saturated carbocycles. The summed E-state index contributed by atoms with van der Waals surface area (Å²) in [5.41, 5.74) is 1.45. The fraction of sp³-hybridized carbons (Fsp3) is 0.562. The van der Waals surface area contributed by atoms with Crippen LogP contribution in [0.25, 0.3) is 0 Å². The maximum absolute atomic E-state index is 12.2. The van der Waals surface area contributed by atoms with E-state index in [1.807, 2.05) is 31.2 Å². The highest BCUT2D eigenvalue weighted by Crippen LogP contribution is 2.19. The van der Waals surface area contributed by atoms with Crippen molar-refractivity contribution in [1.29, 1.82) is 0 Å². The number of hydrogen-bond acceptors (Lipinski definition) is 4. The van der Waals surface area contributed by atoms with Gasteiger partial charge in [-0.1, -0.05) is 29.8 Å². The Morgan fingerprint density at radius 1 is 1.26 bits per heavy atom. The molecule has 0 aliphatic carbocycles. The largest absolute Gasteiger partial charge is 0.444 e. The van der Waals surface area contributed by atoms with Gasteiger partial charge in [0.2, 0.25) is 10.0 Å². The van der Waals surface area contributed by atoms with Crippen molar-refractivity contribution in [3.05, 3.63) is 35.4 Å². The standard InChI is InChI=1S/C16H24N2O4S/c1-12-5-7-13(8-6-12)9-17-23(20,21)14-10-18(11-14)15(19)22-16(2,3)4/h5-8,14,17H,9-11H2,1-4H3. The Balaban J connectivity index is 1.83. The molecule has 1 amide bonds. The first-order valence-corrected chi connectivity index (χ1v) is 9.13. The number of ether oxygens (including phenoxy) is 1. The van der Waals surface area contributed by atoms with E-state index in [0.29, 0.717) is 0 Å². The van der Waals surface area contributed by atoms with Crippen LogP contribution in [0.3, 0.4) is 0 Å². The maximum atomic E-state index is 12.2. The van der Waals surface area contributed by atoms with Crippen molar-refractivity contribution >= 4 is 16.1 Å². The van der Waals surface area contributed by atoms with E-state index >= 15 is 0 Å². The summed E-state index contributed by atoms with van der Waals surface area (Å²) in [4.78, 5) is 13.2. The molecule has 1 saturated heterocycles. The fourth-order valence-electron chi connectivity index (χ4n) is 2.12. The minimum atomic E-state index is -3.44. The van der Waals surface area contributed by atoms with Crippen molar-refractivity contribution in [1.82, 2.24) is 9.62 Å². The molecule has 6 nitrogen and oxygen atoms in total. The van der Waals surface area contributed by atoms with Crippen molar-refractivity contribution in [3.8, 4) is 0 Å². The lowest BCUT2D eigenvalue weighted by Crippen LogP contribution is -2.59. The van der Waals surface area contributed by atoms with Gasteiger partial charge in [-0.2, -0.15) is 0 Å². The van der Waals surface area contributed by atoms with E-state index in [4.69, 9.17) is 4.74 Å². The van der Waals surface area contributed by atoms with Crippen molar-refractivity contribution in [2.75, 3.05) is 13.1 Å². The zero-order valence-corrected chi connectivity index (χ0v) is 14.8. The van der Waals surface area contributed by atoms with Crippen LogP contribution in [0.4, 0.5) is 4.79 Å². The number of nitrogens with one attached hydrogen (secondary N) is 1. The third-order valence-corrected chi connectivity index (χ3v) is 5.26. The number of likely N-dealkylation sites (tertiary alicyclic amines) is 1. The zero-order valence-electron chi connectivity index (χ0n) is 14.0. The Morgan fingerprint density at radius 3 is 2.35 bits per heavy atom. The number of sulfonamides is 1. The lowest BCUT2D eigenvalue weighted by atomic mass is 10.2. The second-order valence-electron chi connectivity index (χ2n) is 6.86. The number of aryl methyl sites for hydroxylation is 1. The first-order valence-electron chi connectivity index (χ1n) is 7.59. The van der Waals surface area contributed by atoms with Crippen LogP contribution in [-0.2, 0) is 21.3 Å². The molecule has 0 bridgehead atoms. The quantitative estimate of drug-likeness (QED) is 0.910. The van der Waals surface area contributed by atoms with Gasteiger partial charge in [0.1, 0.15) is 10.9 Å². The van der Waals surface area contributed by atoms with Crippen molar-refractivity contribution < 1.29 is 17.9 Å². The molecule has 1 aliphatic heterocycles. The molecule has 0 aromatic heterocycles. The van der Waals surface area contributed by atoms with Crippen LogP contribution in [0.15, 0.2) is 24.3 Å². The van der Waals surface area contributed by atoms with E-state index in [1.54, 1.807) is 20.8 Å². The summed E-state index contributed by atoms with van der Waals surface area (Å²) in [6.45, 7) is 7.90. The maximum Gasteiger partial charge on any atom is 0.410 e. The van der Waals surface area contributed by atoms with E-state index in [9.17, 15) is 13.2 Å². The molecule has 2 rings (SSSR count). The average molecular weight is 340 g/mol. The summed E-state index contributed by atoms with van der Waals surface area (Å²) in [5.74, 6) is 0. The topological polar surface area (TPSA) is 75.7 Å². The number of carbonyl (C=O) groups is 1. The van der Waals surface area contributed by atoms with E-state index < -0.39 is 27.0 Å². The molecule has 1 fully saturated rings. The van der Waals surface area contributed by atoms with Crippen LogP contribution >= 0.6 is 0 Å². The molecule has 1 N–H and O–H groups in total. The summed E-state index contributed by atoms with van der Waals surface area (Å²) < 4.78 is 32.2. The molecule has 1 aromatic carbocycles. The molecule has 0 spiro atoms. The summed E-state index contributed by atoms with van der Waals surface area (Å²) in [7, 11) is -3.44. The molecule has 7 heteroatoms. The fourth-order valence-corrected chi connectivity index (χ4v) is 3.47. The van der Waals surface area contributed by atoms with Crippen LogP contribution in [0.1, 0.15) is 31.9 Å². The van der Waals surface area contributed by atoms with E-state index in [0.717, 1.165) is 11.1 Å². The van der Waals surface area contributed by atoms with Gasteiger partial charge in [-0.05, 0) is 33.3 Å². The molecule has 23 heavy (non-hydrogen) atoms. The lowest BCUT2D eigenvalue weighted by molar-refractivity contribution is 0.0138. The van der Waals surface area contributed by atoms with Crippen molar-refractivity contribution in [2.45, 2.75) is 45.1 Å². The first-order chi connectivity index (χ1) is 10.6. The second-order valence-corrected chi connectivity index (χ2v) is 8.90. The molecule has 0 unspecified atom stereocenters. The summed E-state index contributed by atoms with van der Waals surface area (Å²) in [6, 6.07) is 7.67. The molecular formula is C16H24N2O4S. The second kappa shape index (κ2) is 6.49. The Bertz CT molecular complexity index is 656. The Labute approximate surface area is 137 Å². The van der Waals surface area contributed by atoms with Gasteiger partial charge in [0, 0.05) is 19.6 Å². The van der Waals surface area contributed by atoms with Crippen molar-refractivity contribution in [2.24, 2.45) is 0 Å². The van der Waals surface area contributed by atoms with Gasteiger partial charge in [0.15, 0.2) is 0 Å². The van der Waals surface area contributed by atoms with E-state index in [2.05, 4.69) is 4.72 Å². The van der Waals surface area contributed by atoms with Crippen LogP contribution < -0.4 is 4.72 Å². The Hall–Kier alpha value is -1.60. The monoisotopic (exact) mass is 340 g/mol. The molecule has 1 aromatic rings. The Morgan fingerprint density at radius 2 is 1.83 bits per heavy atom. The molecule has 0 atom stereocenters. The van der Waals surface area contributed by atoms with Gasteiger partial charge in [-0.15, -0.1) is 0 Å². The van der Waals surface area contributed by atoms with Crippen LogP contribution in [0.2, 0.25) is 0 Å². The average Bonchev–Trinajstić information content (AvgIpc) is 2.33. The SMILES string of the molecule is Cc1ccc(CNS(=O)(=O)C2CN(C(=O)OC(C)(C)C)C2)cc1. The highest BCUT2D eigenvalue weighted by atomic mass is 32.2. The molecule has 0 radical (unpaired) electrons. The number of amides is 1. The first kappa shape index (κ1) is 17.7. The number of carbonyl (C=O) groups excluding carboxylic acids is 1. The number of nitrogens with zero attached hydrogens (tertiary/aromatic N) is 1. The highest BCUT2D eigenvalue weighted by Gasteiger charge is 2.41. The minimum Gasteiger partial charge on any atom is -0.444 e. The molecule has 1 aliphatic rings.